The van der Waals surface area contributed by atoms with Crippen molar-refractivity contribution in [1.82, 2.24) is 19.4 Å². The maximum absolute atomic E-state index is 12.3. The lowest BCUT2D eigenvalue weighted by Crippen LogP contribution is -2.33. The van der Waals surface area contributed by atoms with Gasteiger partial charge in [-0.1, -0.05) is 0 Å². The summed E-state index contributed by atoms with van der Waals surface area (Å²) in [6, 6.07) is 3.80. The molecule has 0 aromatic carbocycles. The Hall–Kier alpha value is -1.69. The molecule has 0 aliphatic rings. The molecule has 0 fully saturated rings. The van der Waals surface area contributed by atoms with Crippen LogP contribution in [0.25, 0.3) is 0 Å². The third-order valence-corrected chi connectivity index (χ3v) is 3.98. The molecule has 0 unspecified atom stereocenters. The molecule has 2 rings (SSSR count). The Labute approximate surface area is 129 Å². The first-order chi connectivity index (χ1) is 10.3. The lowest BCUT2D eigenvalue weighted by atomic mass is 10.2. The fourth-order valence-electron chi connectivity index (χ4n) is 2.21. The van der Waals surface area contributed by atoms with Gasteiger partial charge in [-0.2, -0.15) is 11.8 Å². The zero-order valence-electron chi connectivity index (χ0n) is 12.3. The topological polar surface area (TPSA) is 51.9 Å². The van der Waals surface area contributed by atoms with E-state index in [0.29, 0.717) is 6.54 Å². The maximum Gasteiger partial charge on any atom is 0.243 e. The van der Waals surface area contributed by atoms with E-state index in [1.165, 1.54) is 0 Å². The first-order valence-corrected chi connectivity index (χ1v) is 8.55. The molecule has 1 amide bonds. The van der Waals surface area contributed by atoms with E-state index in [0.717, 1.165) is 25.1 Å². The van der Waals surface area contributed by atoms with Crippen LogP contribution in [0.3, 0.4) is 0 Å². The summed E-state index contributed by atoms with van der Waals surface area (Å²) in [6.07, 6.45) is 13.2. The summed E-state index contributed by atoms with van der Waals surface area (Å²) in [7, 11) is 0. The summed E-state index contributed by atoms with van der Waals surface area (Å²) in [5.74, 6) is 1.08. The van der Waals surface area contributed by atoms with Gasteiger partial charge in [-0.25, -0.2) is 4.98 Å². The van der Waals surface area contributed by atoms with Gasteiger partial charge in [0.15, 0.2) is 0 Å². The third kappa shape index (κ3) is 4.97. The molecule has 1 N–H and O–H groups in total. The van der Waals surface area contributed by atoms with Crippen molar-refractivity contribution in [2.45, 2.75) is 25.4 Å². The normalized spacial score (nSPS) is 12.2. The first-order valence-electron chi connectivity index (χ1n) is 7.16. The van der Waals surface area contributed by atoms with E-state index in [-0.39, 0.29) is 11.9 Å². The Morgan fingerprint density at radius 2 is 2.14 bits per heavy atom. The molecule has 2 aromatic rings. The monoisotopic (exact) mass is 306 g/mol. The number of nitrogens with one attached hydrogen (secondary N) is 1. The molecule has 6 heteroatoms. The number of nitrogens with zero attached hydrogens (tertiary/aromatic N) is 3. The average Bonchev–Trinajstić information content (AvgIpc) is 3.17. The highest BCUT2D eigenvalue weighted by molar-refractivity contribution is 7.98. The van der Waals surface area contributed by atoms with Crippen LogP contribution < -0.4 is 5.32 Å². The molecular formula is C15H22N4OS. The van der Waals surface area contributed by atoms with E-state index in [4.69, 9.17) is 0 Å². The van der Waals surface area contributed by atoms with E-state index in [1.54, 1.807) is 24.3 Å². The van der Waals surface area contributed by atoms with Crippen molar-refractivity contribution in [1.29, 1.82) is 0 Å². The van der Waals surface area contributed by atoms with Gasteiger partial charge in [0, 0.05) is 37.9 Å². The van der Waals surface area contributed by atoms with Crippen LogP contribution in [0.15, 0.2) is 43.2 Å². The number of hydrogen-bond acceptors (Lipinski definition) is 3. The van der Waals surface area contributed by atoms with Gasteiger partial charge in [0.25, 0.3) is 0 Å². The van der Waals surface area contributed by atoms with Gasteiger partial charge in [-0.05, 0) is 37.0 Å². The zero-order valence-corrected chi connectivity index (χ0v) is 13.1. The maximum atomic E-state index is 12.3. The smallest absolute Gasteiger partial charge is 0.243 e. The summed E-state index contributed by atoms with van der Waals surface area (Å²) in [5.41, 5.74) is 0. The van der Waals surface area contributed by atoms with Gasteiger partial charge >= 0.3 is 0 Å². The number of rotatable bonds is 9. The SMILES string of the molecule is CSCC[C@@H](C(=O)NCCCn1ccnc1)n1cccc1. The van der Waals surface area contributed by atoms with Crippen molar-refractivity contribution in [3.63, 3.8) is 0 Å². The van der Waals surface area contributed by atoms with E-state index in [1.807, 2.05) is 39.9 Å². The van der Waals surface area contributed by atoms with Crippen LogP contribution in [0.2, 0.25) is 0 Å². The van der Waals surface area contributed by atoms with Gasteiger partial charge in [-0.3, -0.25) is 4.79 Å². The zero-order chi connectivity index (χ0) is 14.9. The quantitative estimate of drug-likeness (QED) is 0.723. The number of carbonyl (C=O) groups excluding carboxylic acids is 1. The van der Waals surface area contributed by atoms with E-state index in [9.17, 15) is 4.79 Å². The fourth-order valence-corrected chi connectivity index (χ4v) is 2.67. The van der Waals surface area contributed by atoms with Gasteiger partial charge in [-0.15, -0.1) is 0 Å². The molecule has 0 saturated heterocycles. The molecule has 114 valence electrons. The van der Waals surface area contributed by atoms with Crippen LogP contribution in [-0.4, -0.2) is 38.6 Å². The average molecular weight is 306 g/mol. The lowest BCUT2D eigenvalue weighted by Gasteiger charge is -2.18. The van der Waals surface area contributed by atoms with E-state index < -0.39 is 0 Å². The molecule has 0 radical (unpaired) electrons. The van der Waals surface area contributed by atoms with Gasteiger partial charge in [0.1, 0.15) is 6.04 Å². The first kappa shape index (κ1) is 15.7. The van der Waals surface area contributed by atoms with Crippen LogP contribution in [0.1, 0.15) is 18.9 Å². The molecule has 0 aliphatic carbocycles. The molecule has 1 atom stereocenters. The predicted octanol–water partition coefficient (Wildman–Crippen LogP) is 2.19. The van der Waals surface area contributed by atoms with Crippen molar-refractivity contribution in [3.05, 3.63) is 43.2 Å². The van der Waals surface area contributed by atoms with Gasteiger partial charge in [0.05, 0.1) is 6.33 Å². The summed E-state index contributed by atoms with van der Waals surface area (Å²) in [6.45, 7) is 1.56. The Morgan fingerprint density at radius 3 is 2.81 bits per heavy atom. The number of thioether (sulfide) groups is 1. The van der Waals surface area contributed by atoms with Crippen LogP contribution in [-0.2, 0) is 11.3 Å². The Morgan fingerprint density at radius 1 is 1.33 bits per heavy atom. The minimum absolute atomic E-state index is 0.103. The number of aryl methyl sites for hydroxylation is 1. The van der Waals surface area contributed by atoms with Crippen LogP contribution in [0.5, 0.6) is 0 Å². The standard InChI is InChI=1S/C15H22N4OS/c1-21-12-5-14(19-9-2-3-10-19)15(20)17-6-4-8-18-11-7-16-13-18/h2-3,7,9-11,13-14H,4-6,8,12H2,1H3,(H,17,20)/t14-/m0/s1. The van der Waals surface area contributed by atoms with Crippen LogP contribution in [0, 0.1) is 0 Å². The second-order valence-electron chi connectivity index (χ2n) is 4.87. The third-order valence-electron chi connectivity index (χ3n) is 3.34. The molecule has 21 heavy (non-hydrogen) atoms. The van der Waals surface area contributed by atoms with Crippen molar-refractivity contribution < 1.29 is 4.79 Å². The molecule has 5 nitrogen and oxygen atoms in total. The Balaban J connectivity index is 1.78. The fraction of sp³-hybridized carbons (Fsp3) is 0.467. The molecule has 0 spiro atoms. The van der Waals surface area contributed by atoms with E-state index in [2.05, 4.69) is 16.6 Å². The number of aromatic nitrogens is 3. The van der Waals surface area contributed by atoms with Crippen molar-refractivity contribution >= 4 is 17.7 Å². The molecule has 0 bridgehead atoms. The van der Waals surface area contributed by atoms with Crippen LogP contribution in [0.4, 0.5) is 0 Å². The summed E-state index contributed by atoms with van der Waals surface area (Å²) < 4.78 is 4.00. The van der Waals surface area contributed by atoms with Crippen molar-refractivity contribution in [2.75, 3.05) is 18.6 Å². The van der Waals surface area contributed by atoms with Gasteiger partial charge in [0.2, 0.25) is 5.91 Å². The Bertz CT molecular complexity index is 510. The van der Waals surface area contributed by atoms with E-state index >= 15 is 0 Å². The molecule has 2 heterocycles. The highest BCUT2D eigenvalue weighted by Gasteiger charge is 2.18. The highest BCUT2D eigenvalue weighted by atomic mass is 32.2. The minimum atomic E-state index is -0.110. The molecule has 2 aromatic heterocycles. The van der Waals surface area contributed by atoms with Crippen molar-refractivity contribution in [2.24, 2.45) is 0 Å². The minimum Gasteiger partial charge on any atom is -0.354 e. The molecule has 0 aliphatic heterocycles. The summed E-state index contributed by atoms with van der Waals surface area (Å²) in [4.78, 5) is 16.4. The van der Waals surface area contributed by atoms with Crippen LogP contribution >= 0.6 is 11.8 Å². The number of amides is 1. The Kier molecular flexibility index (Phi) is 6.40. The van der Waals surface area contributed by atoms with Gasteiger partial charge < -0.3 is 14.5 Å². The second-order valence-corrected chi connectivity index (χ2v) is 5.86. The predicted molar refractivity (Wildman–Crippen MR) is 86.3 cm³/mol. The highest BCUT2D eigenvalue weighted by Crippen LogP contribution is 2.15. The number of imidazole rings is 1. The molecular weight excluding hydrogens is 284 g/mol. The number of hydrogen-bond donors (Lipinski definition) is 1. The van der Waals surface area contributed by atoms with Crippen molar-refractivity contribution in [3.8, 4) is 0 Å². The summed E-state index contributed by atoms with van der Waals surface area (Å²) >= 11 is 1.77. The molecule has 0 saturated carbocycles. The lowest BCUT2D eigenvalue weighted by molar-refractivity contribution is -0.124. The summed E-state index contributed by atoms with van der Waals surface area (Å²) in [5, 5.41) is 3.04. The largest absolute Gasteiger partial charge is 0.354 e. The number of carbonyl (C=O) groups is 1. The second kappa shape index (κ2) is 8.56.